The van der Waals surface area contributed by atoms with E-state index in [1.807, 2.05) is 0 Å². The molecular formula is C4H11LiO4S. The van der Waals surface area contributed by atoms with Crippen LogP contribution in [0, 0.1) is 0 Å². The van der Waals surface area contributed by atoms with Gasteiger partial charge in [0, 0.05) is 0 Å². The molecule has 0 spiro atoms. The van der Waals surface area contributed by atoms with Gasteiger partial charge in [-0.1, -0.05) is 0 Å². The van der Waals surface area contributed by atoms with Crippen LogP contribution in [-0.2, 0) is 14.6 Å². The van der Waals surface area contributed by atoms with E-state index in [9.17, 15) is 8.42 Å². The molecule has 0 aliphatic rings. The van der Waals surface area contributed by atoms with Gasteiger partial charge in [-0.2, -0.15) is 8.42 Å². The van der Waals surface area contributed by atoms with E-state index in [1.165, 1.54) is 20.8 Å². The molecule has 0 atom stereocenters. The van der Waals surface area contributed by atoms with Crippen LogP contribution in [0.25, 0.3) is 0 Å². The van der Waals surface area contributed by atoms with E-state index in [1.54, 1.807) is 0 Å². The molecule has 10 heavy (non-hydrogen) atoms. The van der Waals surface area contributed by atoms with Crippen LogP contribution in [0.4, 0.5) is 0 Å². The van der Waals surface area contributed by atoms with Gasteiger partial charge in [-0.15, -0.1) is 0 Å². The zero-order valence-corrected chi connectivity index (χ0v) is 7.40. The second-order valence-corrected chi connectivity index (χ2v) is 3.65. The second-order valence-electron chi connectivity index (χ2n) is 2.62. The summed E-state index contributed by atoms with van der Waals surface area (Å²) in [5, 5.41) is 0. The molecule has 1 N–H and O–H groups in total. The molecule has 0 saturated heterocycles. The van der Waals surface area contributed by atoms with Crippen molar-refractivity contribution in [3.63, 3.8) is 0 Å². The summed E-state index contributed by atoms with van der Waals surface area (Å²) in [4.78, 5) is 0. The molecule has 4 nitrogen and oxygen atoms in total. The molecular weight excluding hydrogens is 151 g/mol. The maximum absolute atomic E-state index is 9.98. The van der Waals surface area contributed by atoms with Gasteiger partial charge in [0.05, 0.1) is 5.60 Å². The summed E-state index contributed by atoms with van der Waals surface area (Å²) in [6.45, 7) is 4.59. The van der Waals surface area contributed by atoms with Crippen molar-refractivity contribution in [3.05, 3.63) is 0 Å². The third-order valence-corrected chi connectivity index (χ3v) is 1.07. The third-order valence-electron chi connectivity index (χ3n) is 0.355. The van der Waals surface area contributed by atoms with E-state index in [0.717, 1.165) is 0 Å². The Morgan fingerprint density at radius 3 is 1.70 bits per heavy atom. The molecule has 0 bridgehead atoms. The molecule has 0 amide bonds. The summed E-state index contributed by atoms with van der Waals surface area (Å²) in [5.74, 6) is 0. The Kier molecular flexibility index (Phi) is 4.90. The molecule has 0 aromatic rings. The van der Waals surface area contributed by atoms with Crippen LogP contribution in [0.2, 0.25) is 0 Å². The number of hydrogen-bond donors (Lipinski definition) is 1. The Balaban J connectivity index is -0.000000320. The smallest absolute Gasteiger partial charge is 1.00 e. The van der Waals surface area contributed by atoms with E-state index >= 15 is 0 Å². The van der Waals surface area contributed by atoms with Crippen molar-refractivity contribution in [2.75, 3.05) is 0 Å². The van der Waals surface area contributed by atoms with E-state index in [2.05, 4.69) is 4.18 Å². The van der Waals surface area contributed by atoms with Crippen LogP contribution in [0.1, 0.15) is 22.2 Å². The maximum atomic E-state index is 9.98. The average molecular weight is 162 g/mol. The van der Waals surface area contributed by atoms with Gasteiger partial charge in [-0.3, -0.25) is 4.55 Å². The molecule has 0 saturated carbocycles. The summed E-state index contributed by atoms with van der Waals surface area (Å²) >= 11 is 0. The second kappa shape index (κ2) is 3.74. The minimum absolute atomic E-state index is 0. The molecule has 0 heterocycles. The minimum atomic E-state index is -4.28. The molecule has 0 radical (unpaired) electrons. The summed E-state index contributed by atoms with van der Waals surface area (Å²) in [6.07, 6.45) is 0. The molecule has 6 heteroatoms. The van der Waals surface area contributed by atoms with Gasteiger partial charge < -0.3 is 1.43 Å². The normalized spacial score (nSPS) is 12.4. The molecule has 0 aromatic carbocycles. The predicted octanol–water partition coefficient (Wildman–Crippen LogP) is -2.28. The van der Waals surface area contributed by atoms with Crippen molar-refractivity contribution in [1.29, 1.82) is 0 Å². The summed E-state index contributed by atoms with van der Waals surface area (Å²) in [5.41, 5.74) is -0.854. The first kappa shape index (κ1) is 13.1. The Morgan fingerprint density at radius 1 is 1.40 bits per heavy atom. The average Bonchev–Trinajstić information content (AvgIpc) is 1.14. The first-order valence-corrected chi connectivity index (χ1v) is 3.75. The van der Waals surface area contributed by atoms with Crippen LogP contribution < -0.4 is 18.9 Å². The Labute approximate surface area is 74.6 Å². The van der Waals surface area contributed by atoms with Crippen LogP contribution >= 0.6 is 0 Å². The first-order chi connectivity index (χ1) is 3.71. The molecule has 0 aromatic heterocycles. The third kappa shape index (κ3) is 11.3. The fourth-order valence-corrected chi connectivity index (χ4v) is 0.948. The fourth-order valence-electron chi connectivity index (χ4n) is 0.316. The van der Waals surface area contributed by atoms with Gasteiger partial charge >= 0.3 is 29.3 Å². The molecule has 0 unspecified atom stereocenters. The van der Waals surface area contributed by atoms with Gasteiger partial charge in [0.15, 0.2) is 0 Å². The largest absolute Gasteiger partial charge is 1.00 e. The van der Waals surface area contributed by atoms with Crippen molar-refractivity contribution in [2.45, 2.75) is 26.4 Å². The standard InChI is InChI=1S/C4H10O4S.Li.H/c1-4(2,3)8-9(5,6)7;;/h1-3H3,(H,5,6,7);;/q;+1;-1. The zero-order chi connectivity index (χ0) is 7.71. The number of hydrogen-bond acceptors (Lipinski definition) is 3. The van der Waals surface area contributed by atoms with Crippen LogP contribution in [-0.4, -0.2) is 18.6 Å². The quantitative estimate of drug-likeness (QED) is 0.348. The summed E-state index contributed by atoms with van der Waals surface area (Å²) in [6, 6.07) is 0. The van der Waals surface area contributed by atoms with Crippen molar-refractivity contribution < 1.29 is 37.4 Å². The van der Waals surface area contributed by atoms with Crippen LogP contribution in [0.5, 0.6) is 0 Å². The monoisotopic (exact) mass is 162 g/mol. The zero-order valence-electron chi connectivity index (χ0n) is 7.58. The van der Waals surface area contributed by atoms with Crippen molar-refractivity contribution >= 4 is 10.4 Å². The SMILES string of the molecule is CC(C)(C)OS(=O)(=O)O.[H-].[Li+]. The van der Waals surface area contributed by atoms with Gasteiger partial charge in [0.1, 0.15) is 0 Å². The van der Waals surface area contributed by atoms with Crippen LogP contribution in [0.15, 0.2) is 0 Å². The minimum Gasteiger partial charge on any atom is -1.00 e. The number of rotatable bonds is 1. The van der Waals surface area contributed by atoms with E-state index in [0.29, 0.717) is 0 Å². The van der Waals surface area contributed by atoms with Crippen molar-refractivity contribution in [2.24, 2.45) is 0 Å². The molecule has 58 valence electrons. The molecule has 0 fully saturated rings. The van der Waals surface area contributed by atoms with Crippen molar-refractivity contribution in [1.82, 2.24) is 0 Å². The van der Waals surface area contributed by atoms with Gasteiger partial charge in [0.2, 0.25) is 0 Å². The van der Waals surface area contributed by atoms with E-state index in [-0.39, 0.29) is 20.3 Å². The predicted molar refractivity (Wildman–Crippen MR) is 33.5 cm³/mol. The fraction of sp³-hybridized carbons (Fsp3) is 1.00. The Bertz CT molecular complexity index is 183. The molecule has 0 aliphatic heterocycles. The first-order valence-electron chi connectivity index (χ1n) is 2.39. The summed E-state index contributed by atoms with van der Waals surface area (Å²) < 4.78 is 32.2. The van der Waals surface area contributed by atoms with Crippen LogP contribution in [0.3, 0.4) is 0 Å². The summed E-state index contributed by atoms with van der Waals surface area (Å²) in [7, 11) is -4.28. The molecule has 0 aliphatic carbocycles. The topological polar surface area (TPSA) is 63.6 Å². The van der Waals surface area contributed by atoms with Gasteiger partial charge in [-0.25, -0.2) is 4.18 Å². The Morgan fingerprint density at radius 2 is 1.70 bits per heavy atom. The van der Waals surface area contributed by atoms with Crippen molar-refractivity contribution in [3.8, 4) is 0 Å². The Hall–Kier alpha value is 0.467. The maximum Gasteiger partial charge on any atom is 1.00 e. The van der Waals surface area contributed by atoms with E-state index < -0.39 is 16.0 Å². The van der Waals surface area contributed by atoms with Gasteiger partial charge in [0.25, 0.3) is 0 Å². The van der Waals surface area contributed by atoms with E-state index in [4.69, 9.17) is 4.55 Å². The molecule has 0 rings (SSSR count). The van der Waals surface area contributed by atoms with Gasteiger partial charge in [-0.05, 0) is 20.8 Å².